The van der Waals surface area contributed by atoms with Gasteiger partial charge >= 0.3 is 0 Å². The van der Waals surface area contributed by atoms with Gasteiger partial charge in [0.05, 0.1) is 6.20 Å². The molecule has 6 nitrogen and oxygen atoms in total. The Morgan fingerprint density at radius 2 is 2.17 bits per heavy atom. The lowest BCUT2D eigenvalue weighted by molar-refractivity contribution is -0.566. The number of H-pyrrole nitrogens is 1. The van der Waals surface area contributed by atoms with E-state index in [-0.39, 0.29) is 0 Å². The zero-order valence-corrected chi connectivity index (χ0v) is 7.02. The molecule has 1 rings (SSSR count). The monoisotopic (exact) mass is 192 g/mol. The molecule has 0 aromatic carbocycles. The fraction of sp³-hybridized carbons (Fsp3) is 0. The Kier molecular flexibility index (Phi) is 4.46. The third-order valence-corrected chi connectivity index (χ3v) is 0.777. The first-order valence-corrected chi connectivity index (χ1v) is 4.39. The van der Waals surface area contributed by atoms with E-state index in [1.165, 1.54) is 0 Å². The van der Waals surface area contributed by atoms with Gasteiger partial charge in [0.2, 0.25) is 6.33 Å². The minimum Gasteiger partial charge on any atom is -0.756 e. The summed E-state index contributed by atoms with van der Waals surface area (Å²) in [5, 5.41) is 0. The molecule has 3 N–H and O–H groups in total. The number of rotatable bonds is 1. The number of aromatic amines is 1. The summed E-state index contributed by atoms with van der Waals surface area (Å²) in [6, 6.07) is 0. The molecule has 0 aliphatic heterocycles. The summed E-state index contributed by atoms with van der Waals surface area (Å²) in [5.74, 6) is 0. The highest BCUT2D eigenvalue weighted by Gasteiger charge is 1.83. The van der Waals surface area contributed by atoms with Crippen LogP contribution in [0.5, 0.6) is 0 Å². The van der Waals surface area contributed by atoms with Gasteiger partial charge in [0.1, 0.15) is 12.4 Å². The van der Waals surface area contributed by atoms with Gasteiger partial charge in [-0.05, 0) is 0 Å². The number of phosphoric acid groups is 1. The lowest BCUT2D eigenvalue weighted by Crippen LogP contribution is -2.19. The minimum atomic E-state index is -4.89. The minimum absolute atomic E-state index is 1.72. The first-order valence-electron chi connectivity index (χ1n) is 2.86. The second-order valence-electron chi connectivity index (χ2n) is 1.73. The lowest BCUT2D eigenvalue weighted by atomic mass is 10.9. The zero-order chi connectivity index (χ0) is 9.61. The van der Waals surface area contributed by atoms with Gasteiger partial charge in [-0.2, -0.15) is 0 Å². The maximum atomic E-state index is 8.77. The summed E-state index contributed by atoms with van der Waals surface area (Å²) in [4.78, 5) is 25.8. The summed E-state index contributed by atoms with van der Waals surface area (Å²) in [6.07, 6.45) is 7.25. The average Bonchev–Trinajstić information content (AvgIpc) is 2.33. The zero-order valence-electron chi connectivity index (χ0n) is 6.12. The van der Waals surface area contributed by atoms with Gasteiger partial charge in [-0.1, -0.05) is 6.58 Å². The van der Waals surface area contributed by atoms with Gasteiger partial charge in [-0.15, -0.1) is 0 Å². The quantitative estimate of drug-likeness (QED) is 0.386. The Balaban J connectivity index is 0.000000217. The van der Waals surface area contributed by atoms with Gasteiger partial charge in [-0.25, -0.2) is 9.55 Å². The third kappa shape index (κ3) is 9.06. The van der Waals surface area contributed by atoms with Crippen LogP contribution in [0.4, 0.5) is 0 Å². The van der Waals surface area contributed by atoms with Crippen LogP contribution in [-0.2, 0) is 4.57 Å². The summed E-state index contributed by atoms with van der Waals surface area (Å²) in [5.41, 5.74) is 0. The van der Waals surface area contributed by atoms with Crippen molar-refractivity contribution in [3.8, 4) is 0 Å². The Bertz CT molecular complexity index is 257. The van der Waals surface area contributed by atoms with Gasteiger partial charge in [-0.3, -0.25) is 4.57 Å². The molecule has 0 aliphatic rings. The van der Waals surface area contributed by atoms with Crippen LogP contribution in [0, 0.1) is 0 Å². The van der Waals surface area contributed by atoms with E-state index in [9.17, 15) is 0 Å². The first kappa shape index (κ1) is 11.1. The Morgan fingerprint density at radius 1 is 1.67 bits per heavy atom. The van der Waals surface area contributed by atoms with Crippen molar-refractivity contribution < 1.29 is 23.8 Å². The smallest absolute Gasteiger partial charge is 0.262 e. The number of nitrogens with zero attached hydrogens (tertiary/aromatic N) is 1. The number of nitrogens with one attached hydrogen (secondary N) is 1. The van der Waals surface area contributed by atoms with Crippen LogP contribution in [0.25, 0.3) is 6.20 Å². The molecule has 0 amide bonds. The summed E-state index contributed by atoms with van der Waals surface area (Å²) in [7, 11) is -4.89. The molecule has 0 spiro atoms. The van der Waals surface area contributed by atoms with Crippen molar-refractivity contribution in [3.63, 3.8) is 0 Å². The topological polar surface area (TPSA) is 100 Å². The van der Waals surface area contributed by atoms with Crippen LogP contribution in [0.3, 0.4) is 0 Å². The standard InChI is InChI=1S/C5H6N2.H3O4P/c1-2-7-4-3-6-5-7;1-5(2,3)4/h2-5H,1H2;(H3,1,2,3,4). The van der Waals surface area contributed by atoms with E-state index in [0.29, 0.717) is 0 Å². The van der Waals surface area contributed by atoms with Gasteiger partial charge in [0, 0.05) is 0 Å². The molecule has 12 heavy (non-hydrogen) atoms. The van der Waals surface area contributed by atoms with Crippen molar-refractivity contribution in [2.45, 2.75) is 0 Å². The van der Waals surface area contributed by atoms with Crippen molar-refractivity contribution >= 4 is 14.0 Å². The SMILES string of the molecule is C=C[n+]1cc[nH]c1.O=P([O-])(O)O. The molecule has 0 radical (unpaired) electrons. The number of imidazole rings is 1. The van der Waals surface area contributed by atoms with Crippen LogP contribution in [0.2, 0.25) is 0 Å². The second-order valence-corrected chi connectivity index (χ2v) is 2.71. The maximum absolute atomic E-state index is 8.77. The molecule has 7 heteroatoms. The summed E-state index contributed by atoms with van der Waals surface area (Å²) < 4.78 is 10.6. The van der Waals surface area contributed by atoms with Gasteiger partial charge < -0.3 is 14.7 Å². The fourth-order valence-electron chi connectivity index (χ4n) is 0.415. The molecular weight excluding hydrogens is 183 g/mol. The molecule has 0 saturated carbocycles. The van der Waals surface area contributed by atoms with E-state index < -0.39 is 7.82 Å². The van der Waals surface area contributed by atoms with Crippen molar-refractivity contribution in [2.24, 2.45) is 0 Å². The van der Waals surface area contributed by atoms with Crippen LogP contribution in [0.15, 0.2) is 25.3 Å². The molecule has 0 unspecified atom stereocenters. The highest BCUT2D eigenvalue weighted by atomic mass is 31.2. The third-order valence-electron chi connectivity index (χ3n) is 0.777. The highest BCUT2D eigenvalue weighted by molar-refractivity contribution is 7.43. The van der Waals surface area contributed by atoms with Crippen LogP contribution >= 0.6 is 7.82 Å². The molecule has 0 atom stereocenters. The molecule has 1 heterocycles. The van der Waals surface area contributed by atoms with Crippen molar-refractivity contribution in [3.05, 3.63) is 25.3 Å². The van der Waals surface area contributed by atoms with E-state index >= 15 is 0 Å². The number of aromatic nitrogens is 2. The number of hydrogen-bond donors (Lipinski definition) is 3. The fourth-order valence-corrected chi connectivity index (χ4v) is 0.415. The second kappa shape index (κ2) is 4.84. The Hall–Kier alpha value is -0.940. The Morgan fingerprint density at radius 3 is 2.33 bits per heavy atom. The van der Waals surface area contributed by atoms with Crippen LogP contribution in [-0.4, -0.2) is 14.8 Å². The molecule has 68 valence electrons. The highest BCUT2D eigenvalue weighted by Crippen LogP contribution is 2.18. The Labute approximate surface area is 69.0 Å². The first-order chi connectivity index (χ1) is 5.43. The lowest BCUT2D eigenvalue weighted by Gasteiger charge is -2.01. The van der Waals surface area contributed by atoms with Crippen LogP contribution in [0.1, 0.15) is 0 Å². The molecule has 1 aromatic heterocycles. The van der Waals surface area contributed by atoms with Gasteiger partial charge in [0.15, 0.2) is 0 Å². The van der Waals surface area contributed by atoms with E-state index in [1.807, 2.05) is 23.3 Å². The molecule has 0 bridgehead atoms. The van der Waals surface area contributed by atoms with Crippen molar-refractivity contribution in [1.82, 2.24) is 4.98 Å². The van der Waals surface area contributed by atoms with E-state index in [1.54, 1.807) is 6.20 Å². The van der Waals surface area contributed by atoms with Gasteiger partial charge in [0.25, 0.3) is 7.82 Å². The average molecular weight is 192 g/mol. The molecular formula is C5H9N2O4P. The molecule has 0 aliphatic carbocycles. The van der Waals surface area contributed by atoms with E-state index in [2.05, 4.69) is 11.6 Å². The van der Waals surface area contributed by atoms with Crippen molar-refractivity contribution in [2.75, 3.05) is 0 Å². The summed E-state index contributed by atoms with van der Waals surface area (Å²) >= 11 is 0. The summed E-state index contributed by atoms with van der Waals surface area (Å²) in [6.45, 7) is 3.55. The largest absolute Gasteiger partial charge is 0.756 e. The number of hydrogen-bond acceptors (Lipinski definition) is 2. The van der Waals surface area contributed by atoms with Crippen molar-refractivity contribution in [1.29, 1.82) is 0 Å². The predicted molar refractivity (Wildman–Crippen MR) is 39.4 cm³/mol. The maximum Gasteiger partial charge on any atom is 0.262 e. The van der Waals surface area contributed by atoms with E-state index in [4.69, 9.17) is 19.2 Å². The molecule has 0 fully saturated rings. The van der Waals surface area contributed by atoms with E-state index in [0.717, 1.165) is 0 Å². The van der Waals surface area contributed by atoms with Crippen LogP contribution < -0.4 is 9.46 Å². The normalized spacial score (nSPS) is 9.92. The molecule has 0 saturated heterocycles. The predicted octanol–water partition coefficient (Wildman–Crippen LogP) is -1.16. The molecule has 1 aromatic rings.